The van der Waals surface area contributed by atoms with Gasteiger partial charge < -0.3 is 44.6 Å². The van der Waals surface area contributed by atoms with Crippen molar-refractivity contribution >= 4 is 56.6 Å². The van der Waals surface area contributed by atoms with Crippen LogP contribution in [-0.4, -0.2) is 100 Å². The van der Waals surface area contributed by atoms with Crippen LogP contribution in [0.2, 0.25) is 0 Å². The van der Waals surface area contributed by atoms with Crippen LogP contribution in [0.5, 0.6) is 0 Å². The Balaban J connectivity index is 0.923. The second-order valence-electron chi connectivity index (χ2n) is 16.4. The highest BCUT2D eigenvalue weighted by Crippen LogP contribution is 2.37. The average molecular weight is 863 g/mol. The van der Waals surface area contributed by atoms with Crippen LogP contribution < -0.4 is 10.6 Å². The van der Waals surface area contributed by atoms with Gasteiger partial charge in [0.2, 0.25) is 5.91 Å². The highest BCUT2D eigenvalue weighted by molar-refractivity contribution is 6.06. The lowest BCUT2D eigenvalue weighted by Gasteiger charge is -2.30. The van der Waals surface area contributed by atoms with Crippen molar-refractivity contribution < 1.29 is 33.4 Å². The molecule has 4 heterocycles. The van der Waals surface area contributed by atoms with Crippen LogP contribution >= 0.6 is 0 Å². The largest absolute Gasteiger partial charge is 0.453 e. The van der Waals surface area contributed by atoms with E-state index >= 15 is 0 Å². The Morgan fingerprint density at radius 1 is 0.688 bits per heavy atom. The summed E-state index contributed by atoms with van der Waals surface area (Å²) in [4.78, 5) is 72.5. The quantitative estimate of drug-likeness (QED) is 0.0998. The predicted octanol–water partition coefficient (Wildman–Crippen LogP) is 8.11. The maximum absolute atomic E-state index is 14.0. The molecule has 0 aliphatic carbocycles. The van der Waals surface area contributed by atoms with E-state index in [0.29, 0.717) is 30.3 Å². The van der Waals surface area contributed by atoms with Crippen LogP contribution in [0, 0.1) is 0 Å². The molecule has 5 aromatic carbocycles. The number of H-pyrrole nitrogens is 2. The number of carbonyl (C=O) groups is 4. The minimum absolute atomic E-state index is 0.214. The van der Waals surface area contributed by atoms with E-state index in [9.17, 15) is 19.2 Å². The highest BCUT2D eigenvalue weighted by atomic mass is 16.5. The Morgan fingerprint density at radius 2 is 1.30 bits per heavy atom. The van der Waals surface area contributed by atoms with E-state index < -0.39 is 30.4 Å². The number of benzene rings is 5. The number of nitrogens with one attached hydrogen (secondary N) is 4. The lowest BCUT2D eigenvalue weighted by atomic mass is 9.97. The number of fused-ring (bicyclic) bond motifs is 4. The van der Waals surface area contributed by atoms with Crippen molar-refractivity contribution in [2.75, 3.05) is 34.4 Å². The summed E-state index contributed by atoms with van der Waals surface area (Å²) in [7, 11) is 4.05. The number of nitrogens with zero attached hydrogens (tertiary/aromatic N) is 4. The molecule has 7 aromatic rings. The van der Waals surface area contributed by atoms with Crippen molar-refractivity contribution in [1.29, 1.82) is 0 Å². The number of carbonyl (C=O) groups excluding carboxylic acids is 4. The van der Waals surface area contributed by atoms with Crippen molar-refractivity contribution in [2.45, 2.75) is 62.9 Å². The number of ether oxygens (including phenoxy) is 3. The molecule has 15 heteroatoms. The summed E-state index contributed by atoms with van der Waals surface area (Å²) in [5.74, 6) is 0.949. The molecule has 4 amide bonds. The topological polar surface area (TPSA) is 184 Å². The zero-order valence-corrected chi connectivity index (χ0v) is 36.1. The van der Waals surface area contributed by atoms with Gasteiger partial charge in [-0.15, -0.1) is 0 Å². The lowest BCUT2D eigenvalue weighted by molar-refractivity contribution is -0.137. The SMILES string of the molecule is COC(=O)NC(C(=O)N1CCCC1c1ncc(-c2ccc3cc(-c4ccc5c(ccc6[nH]c(C7CCCN7C(=O)C(NC(=O)OC)C(C)OC)nc65)c4)ccc3c2)[nH]1)c1ccccc1. The Morgan fingerprint density at radius 3 is 2.00 bits per heavy atom. The first-order chi connectivity index (χ1) is 31.1. The molecule has 0 saturated carbocycles. The molecule has 2 aliphatic heterocycles. The molecule has 9 rings (SSSR count). The first-order valence-corrected chi connectivity index (χ1v) is 21.5. The number of hydrogen-bond acceptors (Lipinski definition) is 9. The third-order valence-corrected chi connectivity index (χ3v) is 12.7. The monoisotopic (exact) mass is 862 g/mol. The minimum Gasteiger partial charge on any atom is -0.453 e. The molecule has 64 heavy (non-hydrogen) atoms. The molecule has 2 saturated heterocycles. The fourth-order valence-electron chi connectivity index (χ4n) is 9.19. The number of rotatable bonds is 11. The van der Waals surface area contributed by atoms with Crippen LogP contribution in [0.3, 0.4) is 0 Å². The number of aromatic nitrogens is 4. The summed E-state index contributed by atoms with van der Waals surface area (Å²) in [6, 6.07) is 30.1. The van der Waals surface area contributed by atoms with E-state index in [0.717, 1.165) is 80.6 Å². The average Bonchev–Trinajstić information content (AvgIpc) is 4.18. The van der Waals surface area contributed by atoms with Crippen molar-refractivity contribution in [2.24, 2.45) is 0 Å². The fourth-order valence-corrected chi connectivity index (χ4v) is 9.19. The zero-order valence-electron chi connectivity index (χ0n) is 36.1. The molecule has 2 aromatic heterocycles. The number of aromatic amines is 2. The van der Waals surface area contributed by atoms with Crippen molar-refractivity contribution in [1.82, 2.24) is 40.4 Å². The van der Waals surface area contributed by atoms with Crippen LogP contribution in [0.4, 0.5) is 9.59 Å². The number of imidazole rings is 2. The van der Waals surface area contributed by atoms with Gasteiger partial charge in [0.25, 0.3) is 5.91 Å². The van der Waals surface area contributed by atoms with E-state index in [1.807, 2.05) is 42.6 Å². The van der Waals surface area contributed by atoms with Crippen LogP contribution in [0.1, 0.15) is 67.9 Å². The van der Waals surface area contributed by atoms with Crippen molar-refractivity contribution in [3.05, 3.63) is 120 Å². The van der Waals surface area contributed by atoms with E-state index in [-0.39, 0.29) is 23.9 Å². The van der Waals surface area contributed by atoms with Gasteiger partial charge in [-0.1, -0.05) is 72.8 Å². The van der Waals surface area contributed by atoms with E-state index in [1.165, 1.54) is 21.3 Å². The number of alkyl carbamates (subject to hydrolysis) is 2. The second kappa shape index (κ2) is 17.8. The molecule has 5 atom stereocenters. The molecule has 328 valence electrons. The van der Waals surface area contributed by atoms with Crippen LogP contribution in [0.15, 0.2) is 103 Å². The smallest absolute Gasteiger partial charge is 0.407 e. The maximum atomic E-state index is 14.0. The molecule has 5 unspecified atom stereocenters. The zero-order chi connectivity index (χ0) is 44.5. The highest BCUT2D eigenvalue weighted by Gasteiger charge is 2.39. The summed E-state index contributed by atoms with van der Waals surface area (Å²) < 4.78 is 15.1. The predicted molar refractivity (Wildman–Crippen MR) is 242 cm³/mol. The maximum Gasteiger partial charge on any atom is 0.407 e. The Kier molecular flexibility index (Phi) is 11.7. The van der Waals surface area contributed by atoms with E-state index in [2.05, 4.69) is 81.3 Å². The van der Waals surface area contributed by atoms with Gasteiger partial charge in [0.05, 0.1) is 55.3 Å². The first-order valence-electron chi connectivity index (χ1n) is 21.5. The van der Waals surface area contributed by atoms with Gasteiger partial charge in [0.15, 0.2) is 0 Å². The van der Waals surface area contributed by atoms with Gasteiger partial charge in [-0.25, -0.2) is 19.6 Å². The summed E-state index contributed by atoms with van der Waals surface area (Å²) in [5, 5.41) is 9.58. The van der Waals surface area contributed by atoms with Gasteiger partial charge in [0, 0.05) is 31.1 Å². The number of methoxy groups -OCH3 is 3. The molecule has 0 radical (unpaired) electrons. The fraction of sp³-hybridized carbons (Fsp3) is 0.306. The molecule has 2 fully saturated rings. The molecular weight excluding hydrogens is 813 g/mol. The van der Waals surface area contributed by atoms with Gasteiger partial charge in [0.1, 0.15) is 23.7 Å². The van der Waals surface area contributed by atoms with Crippen molar-refractivity contribution in [3.63, 3.8) is 0 Å². The Labute approximate surface area is 369 Å². The van der Waals surface area contributed by atoms with Crippen molar-refractivity contribution in [3.8, 4) is 22.4 Å². The Bertz CT molecular complexity index is 2880. The number of hydrogen-bond donors (Lipinski definition) is 4. The molecule has 0 spiro atoms. The van der Waals surface area contributed by atoms with Gasteiger partial charge in [-0.05, 0) is 89.7 Å². The minimum atomic E-state index is -0.906. The molecule has 4 N–H and O–H groups in total. The third-order valence-electron chi connectivity index (χ3n) is 12.7. The standard InChI is InChI=1S/C49H50N8O7/c1-28(62-2)41(54-48(60)63-3)46(58)57-23-9-13-40(57)45-51-37-21-19-34-25-33(18-20-36(34)43(37)53-45)30-14-15-32-26-35(17-16-31(32)24-30)38-27-50-44(52-38)39-12-8-22-56(39)47(59)42(55-49(61)64-4)29-10-6-5-7-11-29/h5-7,10-11,14-21,24-28,39-42H,8-9,12-13,22-23H2,1-4H3,(H,50,52)(H,51,53)(H,54,60)(H,55,61). The van der Waals surface area contributed by atoms with Crippen LogP contribution in [0.25, 0.3) is 55.0 Å². The first kappa shape index (κ1) is 42.1. The molecule has 0 bridgehead atoms. The summed E-state index contributed by atoms with van der Waals surface area (Å²) in [6.07, 6.45) is 2.99. The summed E-state index contributed by atoms with van der Waals surface area (Å²) in [5.41, 5.74) is 6.37. The van der Waals surface area contributed by atoms with Gasteiger partial charge in [-0.2, -0.15) is 0 Å². The van der Waals surface area contributed by atoms with Gasteiger partial charge in [-0.3, -0.25) is 9.59 Å². The summed E-state index contributed by atoms with van der Waals surface area (Å²) in [6.45, 7) is 2.83. The number of likely N-dealkylation sites (tertiary alicyclic amines) is 2. The Hall–Kier alpha value is -7.26. The summed E-state index contributed by atoms with van der Waals surface area (Å²) >= 11 is 0. The molecular formula is C49H50N8O7. The van der Waals surface area contributed by atoms with Crippen LogP contribution in [-0.2, 0) is 23.8 Å². The van der Waals surface area contributed by atoms with Gasteiger partial charge >= 0.3 is 12.2 Å². The molecule has 2 aliphatic rings. The van der Waals surface area contributed by atoms with E-state index in [1.54, 1.807) is 16.7 Å². The lowest BCUT2D eigenvalue weighted by Crippen LogP contribution is -2.54. The third kappa shape index (κ3) is 8.10. The number of amides is 4. The normalized spacial score (nSPS) is 17.7. The molecule has 15 nitrogen and oxygen atoms in total. The van der Waals surface area contributed by atoms with E-state index in [4.69, 9.17) is 24.2 Å². The second-order valence-corrected chi connectivity index (χ2v) is 16.4.